The summed E-state index contributed by atoms with van der Waals surface area (Å²) in [6, 6.07) is 25.3. The molecule has 118 valence electrons. The van der Waals surface area contributed by atoms with Gasteiger partial charge in [0.05, 0.1) is 5.52 Å². The minimum absolute atomic E-state index is 0. The molecule has 24 heavy (non-hydrogen) atoms. The van der Waals surface area contributed by atoms with E-state index in [-0.39, 0.29) is 7.43 Å². The van der Waals surface area contributed by atoms with Crippen molar-refractivity contribution >= 4 is 10.9 Å². The van der Waals surface area contributed by atoms with Crippen LogP contribution in [0.1, 0.15) is 18.6 Å². The van der Waals surface area contributed by atoms with Crippen LogP contribution in [-0.2, 0) is 6.42 Å². The first-order chi connectivity index (χ1) is 11.4. The Morgan fingerprint density at radius 2 is 1.54 bits per heavy atom. The van der Waals surface area contributed by atoms with Crippen molar-refractivity contribution in [3.63, 3.8) is 0 Å². The maximum absolute atomic E-state index is 6.09. The fraction of sp³-hybridized carbons (Fsp3) is 0.0909. The van der Waals surface area contributed by atoms with Gasteiger partial charge in [-0.3, -0.25) is 0 Å². The molecular weight excluding hydrogens is 294 g/mol. The van der Waals surface area contributed by atoms with Crippen molar-refractivity contribution in [1.82, 2.24) is 4.57 Å². The monoisotopic (exact) mass is 313 g/mol. The molecule has 0 aliphatic carbocycles. The van der Waals surface area contributed by atoms with Crippen LogP contribution < -0.4 is 4.74 Å². The quantitative estimate of drug-likeness (QED) is 0.372. The van der Waals surface area contributed by atoms with E-state index >= 15 is 0 Å². The number of hydrogen-bond acceptors (Lipinski definition) is 1. The Bertz CT molecular complexity index is 1010. The average Bonchev–Trinajstić information content (AvgIpc) is 3.01. The summed E-state index contributed by atoms with van der Waals surface area (Å²) in [4.78, 5) is 0. The first-order valence-corrected chi connectivity index (χ1v) is 7.84. The lowest BCUT2D eigenvalue weighted by Gasteiger charge is -2.20. The van der Waals surface area contributed by atoms with E-state index in [0.717, 1.165) is 17.9 Å². The van der Waals surface area contributed by atoms with Crippen LogP contribution in [0.15, 0.2) is 79.0 Å². The van der Waals surface area contributed by atoms with Crippen LogP contribution in [0.4, 0.5) is 0 Å². The van der Waals surface area contributed by atoms with Crippen LogP contribution in [0.3, 0.4) is 0 Å². The Morgan fingerprint density at radius 1 is 0.750 bits per heavy atom. The van der Waals surface area contributed by atoms with Crippen molar-refractivity contribution in [2.24, 2.45) is 0 Å². The number of benzene rings is 3. The van der Waals surface area contributed by atoms with Gasteiger partial charge in [-0.05, 0) is 42.0 Å². The van der Waals surface area contributed by atoms with E-state index in [1.807, 2.05) is 18.2 Å². The van der Waals surface area contributed by atoms with E-state index in [4.69, 9.17) is 4.74 Å². The number of hydrogen-bond donors (Lipinski definition) is 0. The van der Waals surface area contributed by atoms with Crippen molar-refractivity contribution in [3.05, 3.63) is 90.1 Å². The molecule has 2 nitrogen and oxygen atoms in total. The molecule has 0 spiro atoms. The molecule has 2 heterocycles. The minimum Gasteiger partial charge on any atom is -0.457 e. The Morgan fingerprint density at radius 3 is 2.42 bits per heavy atom. The van der Waals surface area contributed by atoms with Crippen LogP contribution in [0.2, 0.25) is 0 Å². The summed E-state index contributed by atoms with van der Waals surface area (Å²) in [6.07, 6.45) is 3.04. The number of para-hydroxylation sites is 2. The summed E-state index contributed by atoms with van der Waals surface area (Å²) in [5, 5.41) is 1.20. The Balaban J connectivity index is 0.00000146. The minimum atomic E-state index is 0. The number of nitrogens with zero attached hydrogens (tertiary/aromatic N) is 1. The highest BCUT2D eigenvalue weighted by Crippen LogP contribution is 2.39. The van der Waals surface area contributed by atoms with Crippen molar-refractivity contribution < 1.29 is 4.74 Å². The Kier molecular flexibility index (Phi) is 3.39. The predicted octanol–water partition coefficient (Wildman–Crippen LogP) is 5.96. The van der Waals surface area contributed by atoms with Gasteiger partial charge in [0, 0.05) is 29.3 Å². The second kappa shape index (κ2) is 5.57. The SMILES string of the molecule is C.c1ccc(-n2ccc3cc4c(cc32)Cc2ccccc2O4)cc1. The lowest BCUT2D eigenvalue weighted by Crippen LogP contribution is -2.03. The number of rotatable bonds is 1. The molecular formula is C22H19NO. The molecule has 0 amide bonds. The van der Waals surface area contributed by atoms with Gasteiger partial charge in [-0.15, -0.1) is 0 Å². The van der Waals surface area contributed by atoms with E-state index < -0.39 is 0 Å². The van der Waals surface area contributed by atoms with Gasteiger partial charge in [0.2, 0.25) is 0 Å². The van der Waals surface area contributed by atoms with Gasteiger partial charge >= 0.3 is 0 Å². The van der Waals surface area contributed by atoms with Gasteiger partial charge in [-0.1, -0.05) is 43.8 Å². The molecule has 2 heteroatoms. The highest BCUT2D eigenvalue weighted by Gasteiger charge is 2.18. The smallest absolute Gasteiger partial charge is 0.131 e. The molecule has 0 saturated heterocycles. The zero-order valence-electron chi connectivity index (χ0n) is 12.6. The van der Waals surface area contributed by atoms with E-state index in [1.54, 1.807) is 0 Å². The molecule has 1 aromatic heterocycles. The van der Waals surface area contributed by atoms with Gasteiger partial charge in [0.25, 0.3) is 0 Å². The maximum atomic E-state index is 6.09. The van der Waals surface area contributed by atoms with Crippen molar-refractivity contribution in [3.8, 4) is 17.2 Å². The molecule has 0 saturated carbocycles. The van der Waals surface area contributed by atoms with Crippen LogP contribution in [-0.4, -0.2) is 4.57 Å². The summed E-state index contributed by atoms with van der Waals surface area (Å²) in [5.74, 6) is 1.95. The fourth-order valence-electron chi connectivity index (χ4n) is 3.32. The summed E-state index contributed by atoms with van der Waals surface area (Å²) < 4.78 is 8.32. The Hall–Kier alpha value is -3.00. The average molecular weight is 313 g/mol. The molecule has 0 bridgehead atoms. The maximum Gasteiger partial charge on any atom is 0.131 e. The third kappa shape index (κ3) is 2.19. The third-order valence-electron chi connectivity index (χ3n) is 4.48. The molecule has 1 aliphatic rings. The zero-order chi connectivity index (χ0) is 15.2. The highest BCUT2D eigenvalue weighted by atomic mass is 16.5. The third-order valence-corrected chi connectivity index (χ3v) is 4.48. The molecule has 3 aromatic carbocycles. The summed E-state index contributed by atoms with van der Waals surface area (Å²) in [7, 11) is 0. The van der Waals surface area contributed by atoms with Crippen LogP contribution in [0, 0.1) is 0 Å². The molecule has 0 N–H and O–H groups in total. The van der Waals surface area contributed by atoms with Crippen molar-refractivity contribution in [1.29, 1.82) is 0 Å². The van der Waals surface area contributed by atoms with E-state index in [1.165, 1.54) is 27.7 Å². The summed E-state index contributed by atoms with van der Waals surface area (Å²) >= 11 is 0. The Labute approximate surface area is 141 Å². The highest BCUT2D eigenvalue weighted by molar-refractivity contribution is 5.85. The first-order valence-electron chi connectivity index (χ1n) is 7.84. The van der Waals surface area contributed by atoms with Gasteiger partial charge in [-0.25, -0.2) is 0 Å². The topological polar surface area (TPSA) is 14.2 Å². The summed E-state index contributed by atoms with van der Waals surface area (Å²) in [6.45, 7) is 0. The fourth-order valence-corrected chi connectivity index (χ4v) is 3.32. The van der Waals surface area contributed by atoms with Crippen molar-refractivity contribution in [2.75, 3.05) is 0 Å². The van der Waals surface area contributed by atoms with E-state index in [0.29, 0.717) is 0 Å². The van der Waals surface area contributed by atoms with Gasteiger partial charge in [0.15, 0.2) is 0 Å². The molecule has 0 atom stereocenters. The molecule has 5 rings (SSSR count). The summed E-state index contributed by atoms with van der Waals surface area (Å²) in [5.41, 5.74) is 4.89. The number of aromatic nitrogens is 1. The van der Waals surface area contributed by atoms with Crippen LogP contribution >= 0.6 is 0 Å². The lowest BCUT2D eigenvalue weighted by atomic mass is 9.99. The standard InChI is InChI=1S/C21H15NO.CH4/c1-2-7-18(8-3-1)22-11-10-15-14-21-17(13-19(15)22)12-16-6-4-5-9-20(16)23-21;/h1-11,13-14H,12H2;1H4. The molecule has 1 aliphatic heterocycles. The van der Waals surface area contributed by atoms with Gasteiger partial charge in [-0.2, -0.15) is 0 Å². The van der Waals surface area contributed by atoms with Crippen LogP contribution in [0.5, 0.6) is 11.5 Å². The number of ether oxygens (including phenoxy) is 1. The normalized spacial score (nSPS) is 12.0. The first kappa shape index (κ1) is 14.6. The van der Waals surface area contributed by atoms with Crippen LogP contribution in [0.25, 0.3) is 16.6 Å². The zero-order valence-corrected chi connectivity index (χ0v) is 12.6. The molecule has 4 aromatic rings. The lowest BCUT2D eigenvalue weighted by molar-refractivity contribution is 0.461. The van der Waals surface area contributed by atoms with Gasteiger partial charge < -0.3 is 9.30 Å². The number of fused-ring (bicyclic) bond motifs is 3. The van der Waals surface area contributed by atoms with E-state index in [9.17, 15) is 0 Å². The predicted molar refractivity (Wildman–Crippen MR) is 99.3 cm³/mol. The van der Waals surface area contributed by atoms with E-state index in [2.05, 4.69) is 65.4 Å². The van der Waals surface area contributed by atoms with Gasteiger partial charge in [0.1, 0.15) is 11.5 Å². The molecule has 0 fully saturated rings. The largest absolute Gasteiger partial charge is 0.457 e. The van der Waals surface area contributed by atoms with Crippen molar-refractivity contribution in [2.45, 2.75) is 13.8 Å². The second-order valence-electron chi connectivity index (χ2n) is 5.93. The molecule has 0 unspecified atom stereocenters. The second-order valence-corrected chi connectivity index (χ2v) is 5.93. The molecule has 0 radical (unpaired) electrons.